The number of carbonyl (C=O) groups is 1. The Morgan fingerprint density at radius 1 is 1.20 bits per heavy atom. The molecule has 0 saturated heterocycles. The van der Waals surface area contributed by atoms with Gasteiger partial charge in [-0.05, 0) is 36.8 Å². The van der Waals surface area contributed by atoms with Gasteiger partial charge >= 0.3 is 0 Å². The molecule has 5 rings (SSSR count). The van der Waals surface area contributed by atoms with Crippen LogP contribution in [0.3, 0.4) is 0 Å². The highest BCUT2D eigenvalue weighted by Crippen LogP contribution is 2.35. The first kappa shape index (κ1) is 22.9. The van der Waals surface area contributed by atoms with Gasteiger partial charge < -0.3 is 23.9 Å². The summed E-state index contributed by atoms with van der Waals surface area (Å²) in [6, 6.07) is 14.0. The standard InChI is InChI=1S/C25H23N3O6S/c1-3-22(23(29)26-15-6-4-7-16(10-15)31-2)35-25-27-19-12-21-20(33-14-34-21)11-18(19)24(30)28(25)13-17-8-5-9-32-17/h4-12,22H,3,13-14H2,1-2H3,(H,26,29)/t22-/m1/s1. The van der Waals surface area contributed by atoms with Crippen LogP contribution in [-0.4, -0.2) is 34.6 Å². The van der Waals surface area contributed by atoms with Crippen molar-refractivity contribution >= 4 is 34.3 Å². The zero-order chi connectivity index (χ0) is 24.4. The average Bonchev–Trinajstić information content (AvgIpc) is 3.55. The summed E-state index contributed by atoms with van der Waals surface area (Å²) in [5, 5.41) is 3.24. The van der Waals surface area contributed by atoms with Crippen LogP contribution >= 0.6 is 11.8 Å². The Labute approximate surface area is 205 Å². The van der Waals surface area contributed by atoms with Gasteiger partial charge in [-0.3, -0.25) is 14.2 Å². The maximum Gasteiger partial charge on any atom is 0.262 e. The van der Waals surface area contributed by atoms with Gasteiger partial charge in [-0.25, -0.2) is 4.98 Å². The third kappa shape index (κ3) is 4.69. The Bertz CT molecular complexity index is 1430. The van der Waals surface area contributed by atoms with Gasteiger partial charge in [0.2, 0.25) is 12.7 Å². The number of furan rings is 1. The van der Waals surface area contributed by atoms with Crippen LogP contribution in [0.15, 0.2) is 69.2 Å². The van der Waals surface area contributed by atoms with E-state index in [0.717, 1.165) is 0 Å². The minimum absolute atomic E-state index is 0.0935. The highest BCUT2D eigenvalue weighted by Gasteiger charge is 2.24. The lowest BCUT2D eigenvalue weighted by Gasteiger charge is -2.18. The van der Waals surface area contributed by atoms with Gasteiger partial charge in [0.1, 0.15) is 11.5 Å². The summed E-state index contributed by atoms with van der Waals surface area (Å²) in [6.07, 6.45) is 2.08. The molecule has 2 aromatic carbocycles. The number of thioether (sulfide) groups is 1. The van der Waals surface area contributed by atoms with Crippen molar-refractivity contribution in [3.8, 4) is 17.2 Å². The number of nitrogens with zero attached hydrogens (tertiary/aromatic N) is 2. The van der Waals surface area contributed by atoms with E-state index in [0.29, 0.717) is 51.2 Å². The van der Waals surface area contributed by atoms with Crippen molar-refractivity contribution in [2.24, 2.45) is 0 Å². The second kappa shape index (κ2) is 9.75. The quantitative estimate of drug-likeness (QED) is 0.286. The first-order valence-corrected chi connectivity index (χ1v) is 11.9. The van der Waals surface area contributed by atoms with Gasteiger partial charge in [-0.1, -0.05) is 24.8 Å². The fraction of sp³-hybridized carbons (Fsp3) is 0.240. The van der Waals surface area contributed by atoms with Gasteiger partial charge in [-0.2, -0.15) is 0 Å². The van der Waals surface area contributed by atoms with Crippen molar-refractivity contribution in [3.63, 3.8) is 0 Å². The van der Waals surface area contributed by atoms with E-state index < -0.39 is 5.25 Å². The minimum Gasteiger partial charge on any atom is -0.497 e. The largest absolute Gasteiger partial charge is 0.497 e. The van der Waals surface area contributed by atoms with Gasteiger partial charge in [0.05, 0.1) is 36.1 Å². The zero-order valence-electron chi connectivity index (χ0n) is 19.1. The molecular formula is C25H23N3O6S. The molecule has 3 heterocycles. The van der Waals surface area contributed by atoms with Crippen LogP contribution in [0, 0.1) is 0 Å². The molecule has 1 atom stereocenters. The number of amides is 1. The molecule has 10 heteroatoms. The summed E-state index contributed by atoms with van der Waals surface area (Å²) in [6.45, 7) is 2.19. The van der Waals surface area contributed by atoms with Crippen molar-refractivity contribution in [1.29, 1.82) is 0 Å². The second-order valence-electron chi connectivity index (χ2n) is 7.82. The Morgan fingerprint density at radius 3 is 2.77 bits per heavy atom. The van der Waals surface area contributed by atoms with E-state index in [1.54, 1.807) is 61.9 Å². The molecule has 9 nitrogen and oxygen atoms in total. The van der Waals surface area contributed by atoms with E-state index in [2.05, 4.69) is 5.32 Å². The first-order chi connectivity index (χ1) is 17.1. The van der Waals surface area contributed by atoms with Gasteiger partial charge in [0.25, 0.3) is 5.56 Å². The SMILES string of the molecule is CC[C@@H](Sc1nc2cc3c(cc2c(=O)n1Cc1ccco1)OCO3)C(=O)Nc1cccc(OC)c1. The molecular weight excluding hydrogens is 470 g/mol. The van der Waals surface area contributed by atoms with Crippen LogP contribution in [0.4, 0.5) is 5.69 Å². The monoisotopic (exact) mass is 493 g/mol. The Morgan fingerprint density at radius 2 is 2.03 bits per heavy atom. The lowest BCUT2D eigenvalue weighted by atomic mass is 10.2. The van der Waals surface area contributed by atoms with E-state index in [9.17, 15) is 9.59 Å². The van der Waals surface area contributed by atoms with Crippen molar-refractivity contribution in [3.05, 3.63) is 70.9 Å². The number of rotatable bonds is 8. The number of hydrogen-bond acceptors (Lipinski definition) is 8. The number of nitrogens with one attached hydrogen (secondary N) is 1. The number of carbonyl (C=O) groups excluding carboxylic acids is 1. The zero-order valence-corrected chi connectivity index (χ0v) is 20.0. The highest BCUT2D eigenvalue weighted by atomic mass is 32.2. The molecule has 1 aliphatic rings. The summed E-state index contributed by atoms with van der Waals surface area (Å²) in [5.74, 6) is 2.09. The predicted molar refractivity (Wildman–Crippen MR) is 131 cm³/mol. The Kier molecular flexibility index (Phi) is 6.37. The van der Waals surface area contributed by atoms with Gasteiger partial charge in [-0.15, -0.1) is 0 Å². The van der Waals surface area contributed by atoms with Crippen molar-refractivity contribution in [2.45, 2.75) is 30.3 Å². The normalized spacial score (nSPS) is 13.1. The minimum atomic E-state index is -0.498. The van der Waals surface area contributed by atoms with Crippen LogP contribution in [0.1, 0.15) is 19.1 Å². The molecule has 0 unspecified atom stereocenters. The highest BCUT2D eigenvalue weighted by molar-refractivity contribution is 8.00. The molecule has 2 aromatic heterocycles. The Balaban J connectivity index is 1.51. The van der Waals surface area contributed by atoms with Crippen LogP contribution in [0.25, 0.3) is 10.9 Å². The third-order valence-electron chi connectivity index (χ3n) is 5.56. The van der Waals surface area contributed by atoms with E-state index in [1.165, 1.54) is 16.3 Å². The molecule has 0 saturated carbocycles. The van der Waals surface area contributed by atoms with Crippen molar-refractivity contribution < 1.29 is 23.4 Å². The van der Waals surface area contributed by atoms with Crippen LogP contribution in [0.2, 0.25) is 0 Å². The van der Waals surface area contributed by atoms with E-state index in [-0.39, 0.29) is 24.8 Å². The molecule has 35 heavy (non-hydrogen) atoms. The number of ether oxygens (including phenoxy) is 3. The predicted octanol–water partition coefficient (Wildman–Crippen LogP) is 4.28. The molecule has 1 amide bonds. The fourth-order valence-electron chi connectivity index (χ4n) is 3.75. The average molecular weight is 494 g/mol. The number of methoxy groups -OCH3 is 1. The Hall–Kier alpha value is -3.92. The number of anilines is 1. The number of aromatic nitrogens is 2. The smallest absolute Gasteiger partial charge is 0.262 e. The van der Waals surface area contributed by atoms with E-state index >= 15 is 0 Å². The van der Waals surface area contributed by atoms with Gasteiger partial charge in [0.15, 0.2) is 16.7 Å². The summed E-state index contributed by atoms with van der Waals surface area (Å²) >= 11 is 1.23. The number of benzene rings is 2. The van der Waals surface area contributed by atoms with E-state index in [1.807, 2.05) is 6.92 Å². The molecule has 180 valence electrons. The van der Waals surface area contributed by atoms with Gasteiger partial charge in [0, 0.05) is 17.8 Å². The van der Waals surface area contributed by atoms with E-state index in [4.69, 9.17) is 23.6 Å². The molecule has 4 aromatic rings. The molecule has 0 radical (unpaired) electrons. The van der Waals surface area contributed by atoms with Crippen LogP contribution < -0.4 is 25.1 Å². The topological polar surface area (TPSA) is 105 Å². The van der Waals surface area contributed by atoms with Crippen molar-refractivity contribution in [1.82, 2.24) is 9.55 Å². The lowest BCUT2D eigenvalue weighted by molar-refractivity contribution is -0.115. The molecule has 0 spiro atoms. The summed E-state index contributed by atoms with van der Waals surface area (Å²) in [4.78, 5) is 31.4. The second-order valence-corrected chi connectivity index (χ2v) is 8.99. The van der Waals surface area contributed by atoms with Crippen LogP contribution in [0.5, 0.6) is 17.2 Å². The van der Waals surface area contributed by atoms with Crippen LogP contribution in [-0.2, 0) is 11.3 Å². The third-order valence-corrected chi connectivity index (χ3v) is 6.91. The maximum atomic E-state index is 13.5. The lowest BCUT2D eigenvalue weighted by Crippen LogP contribution is -2.28. The first-order valence-electron chi connectivity index (χ1n) is 11.0. The summed E-state index contributed by atoms with van der Waals surface area (Å²) < 4.78 is 23.1. The molecule has 1 aliphatic heterocycles. The number of hydrogen-bond donors (Lipinski definition) is 1. The molecule has 0 aliphatic carbocycles. The number of fused-ring (bicyclic) bond motifs is 2. The maximum absolute atomic E-state index is 13.5. The fourth-order valence-corrected chi connectivity index (χ4v) is 4.76. The van der Waals surface area contributed by atoms with Crippen molar-refractivity contribution in [2.75, 3.05) is 19.2 Å². The summed E-state index contributed by atoms with van der Waals surface area (Å²) in [5.41, 5.74) is 0.844. The summed E-state index contributed by atoms with van der Waals surface area (Å²) in [7, 11) is 1.57. The molecule has 1 N–H and O–H groups in total. The molecule has 0 bridgehead atoms. The molecule has 0 fully saturated rings.